The first-order valence-electron chi connectivity index (χ1n) is 10.8. The van der Waals surface area contributed by atoms with Gasteiger partial charge in [-0.15, -0.1) is 0 Å². The summed E-state index contributed by atoms with van der Waals surface area (Å²) < 4.78 is 0. The van der Waals surface area contributed by atoms with Crippen LogP contribution >= 0.6 is 0 Å². The summed E-state index contributed by atoms with van der Waals surface area (Å²) in [7, 11) is 0. The molecular weight excluding hydrogens is 350 g/mol. The van der Waals surface area contributed by atoms with Gasteiger partial charge in [0.2, 0.25) is 0 Å². The van der Waals surface area contributed by atoms with Crippen LogP contribution in [-0.2, 0) is 5.41 Å². The average Bonchev–Trinajstić information content (AvgIpc) is 2.77. The molecule has 0 saturated carbocycles. The second-order valence-electron chi connectivity index (χ2n) is 7.73. The third kappa shape index (κ3) is 4.62. The molecule has 0 amide bonds. The lowest BCUT2D eigenvalue weighted by Gasteiger charge is -2.33. The van der Waals surface area contributed by atoms with Gasteiger partial charge in [-0.1, -0.05) is 93.6 Å². The van der Waals surface area contributed by atoms with Gasteiger partial charge in [0.05, 0.1) is 0 Å². The Balaban J connectivity index is 1.85. The van der Waals surface area contributed by atoms with E-state index >= 15 is 0 Å². The summed E-state index contributed by atoms with van der Waals surface area (Å²) in [5.74, 6) is 0. The average molecular weight is 384 g/mol. The first-order chi connectivity index (χ1) is 14.1. The van der Waals surface area contributed by atoms with Gasteiger partial charge < -0.3 is 5.32 Å². The maximum absolute atomic E-state index is 3.44. The Bertz CT molecular complexity index is 914. The number of benzene rings is 3. The van der Waals surface area contributed by atoms with Crippen molar-refractivity contribution >= 4 is 5.69 Å². The van der Waals surface area contributed by atoms with E-state index in [1.165, 1.54) is 28.0 Å². The van der Waals surface area contributed by atoms with Crippen LogP contribution in [0.2, 0.25) is 0 Å². The Kier molecular flexibility index (Phi) is 6.93. The van der Waals surface area contributed by atoms with Crippen molar-refractivity contribution in [2.45, 2.75) is 52.4 Å². The molecule has 1 heteroatoms. The Labute approximate surface area is 176 Å². The molecule has 0 radical (unpaired) electrons. The number of hydrogen-bond donors (Lipinski definition) is 1. The van der Waals surface area contributed by atoms with Crippen LogP contribution in [0.5, 0.6) is 0 Å². The summed E-state index contributed by atoms with van der Waals surface area (Å²) in [5, 5.41) is 3.44. The predicted molar refractivity (Wildman–Crippen MR) is 127 cm³/mol. The topological polar surface area (TPSA) is 12.0 Å². The number of allylic oxidation sites excluding steroid dienone is 2. The quantitative estimate of drug-likeness (QED) is 0.413. The highest BCUT2D eigenvalue weighted by Crippen LogP contribution is 2.39. The molecule has 0 saturated heterocycles. The normalized spacial score (nSPS) is 12.1. The fourth-order valence-corrected chi connectivity index (χ4v) is 4.30. The lowest BCUT2D eigenvalue weighted by Crippen LogP contribution is -2.25. The first-order valence-corrected chi connectivity index (χ1v) is 10.8. The van der Waals surface area contributed by atoms with Gasteiger partial charge in [-0.3, -0.25) is 0 Å². The van der Waals surface area contributed by atoms with E-state index in [-0.39, 0.29) is 5.41 Å². The van der Waals surface area contributed by atoms with Gasteiger partial charge in [-0.2, -0.15) is 0 Å². The third-order valence-corrected chi connectivity index (χ3v) is 6.04. The van der Waals surface area contributed by atoms with Crippen LogP contribution in [0.1, 0.15) is 58.1 Å². The molecule has 1 N–H and O–H groups in total. The van der Waals surface area contributed by atoms with Crippen LogP contribution in [-0.4, -0.2) is 0 Å². The number of hydrogen-bond acceptors (Lipinski definition) is 1. The molecule has 29 heavy (non-hydrogen) atoms. The van der Waals surface area contributed by atoms with Gasteiger partial charge in [-0.25, -0.2) is 0 Å². The van der Waals surface area contributed by atoms with Crippen LogP contribution in [0, 0.1) is 0 Å². The van der Waals surface area contributed by atoms with Crippen LogP contribution < -0.4 is 5.32 Å². The van der Waals surface area contributed by atoms with E-state index in [2.05, 4.69) is 118 Å². The van der Waals surface area contributed by atoms with Gasteiger partial charge in [0.25, 0.3) is 0 Å². The zero-order chi connectivity index (χ0) is 20.7. The fourth-order valence-electron chi connectivity index (χ4n) is 4.30. The fraction of sp³-hybridized carbons (Fsp3) is 0.286. The summed E-state index contributed by atoms with van der Waals surface area (Å²) >= 11 is 0. The molecule has 3 rings (SSSR count). The van der Waals surface area contributed by atoms with E-state index in [1.807, 2.05) is 0 Å². The molecule has 150 valence electrons. The van der Waals surface area contributed by atoms with E-state index in [0.29, 0.717) is 0 Å². The van der Waals surface area contributed by atoms with E-state index in [9.17, 15) is 0 Å². The van der Waals surface area contributed by atoms with E-state index in [1.54, 1.807) is 0 Å². The summed E-state index contributed by atoms with van der Waals surface area (Å²) in [6.45, 7) is 8.86. The highest BCUT2D eigenvalue weighted by molar-refractivity contribution is 5.67. The molecule has 0 spiro atoms. The smallest absolute Gasteiger partial charge is 0.0382 e. The van der Waals surface area contributed by atoms with Crippen molar-refractivity contribution in [2.75, 3.05) is 5.32 Å². The maximum Gasteiger partial charge on any atom is 0.0382 e. The van der Waals surface area contributed by atoms with Crippen LogP contribution in [0.25, 0.3) is 11.1 Å². The second-order valence-corrected chi connectivity index (χ2v) is 7.73. The standard InChI is InChI=1S/C28H33N/c1-5-11-22(4)29-27-20-16-24(17-21-27)23-14-18-26(19-15-23)28(6-2,7-3)25-12-9-8-10-13-25/h8-21,29H,5-7H2,1-4H3/b22-11+. The minimum absolute atomic E-state index is 0.0801. The van der Waals surface area contributed by atoms with Crippen molar-refractivity contribution in [3.05, 3.63) is 102 Å². The number of rotatable bonds is 8. The number of anilines is 1. The molecule has 0 atom stereocenters. The summed E-state index contributed by atoms with van der Waals surface area (Å²) in [4.78, 5) is 0. The molecular formula is C28H33N. The Morgan fingerprint density at radius 2 is 1.24 bits per heavy atom. The first kappa shape index (κ1) is 20.9. The van der Waals surface area contributed by atoms with Gasteiger partial charge in [0, 0.05) is 16.8 Å². The molecule has 0 aromatic heterocycles. The van der Waals surface area contributed by atoms with Gasteiger partial charge in [0.15, 0.2) is 0 Å². The second kappa shape index (κ2) is 9.60. The van der Waals surface area contributed by atoms with E-state index in [0.717, 1.165) is 24.9 Å². The molecule has 0 aliphatic heterocycles. The van der Waals surface area contributed by atoms with Crippen LogP contribution in [0.15, 0.2) is 90.6 Å². The van der Waals surface area contributed by atoms with Crippen LogP contribution in [0.4, 0.5) is 5.69 Å². The summed E-state index contributed by atoms with van der Waals surface area (Å²) in [6, 6.07) is 28.8. The van der Waals surface area contributed by atoms with Gasteiger partial charge in [0.1, 0.15) is 0 Å². The molecule has 0 heterocycles. The van der Waals surface area contributed by atoms with Crippen molar-refractivity contribution in [1.29, 1.82) is 0 Å². The highest BCUT2D eigenvalue weighted by Gasteiger charge is 2.30. The maximum atomic E-state index is 3.44. The predicted octanol–water partition coefficient (Wildman–Crippen LogP) is 8.19. The molecule has 0 fully saturated rings. The van der Waals surface area contributed by atoms with Gasteiger partial charge in [-0.05, 0) is 60.6 Å². The molecule has 0 aliphatic carbocycles. The molecule has 1 nitrogen and oxygen atoms in total. The monoisotopic (exact) mass is 383 g/mol. The zero-order valence-electron chi connectivity index (χ0n) is 18.2. The molecule has 0 aliphatic rings. The number of nitrogens with one attached hydrogen (secondary N) is 1. The van der Waals surface area contributed by atoms with Crippen molar-refractivity contribution in [1.82, 2.24) is 0 Å². The van der Waals surface area contributed by atoms with Crippen molar-refractivity contribution in [3.63, 3.8) is 0 Å². The SMILES string of the molecule is CC/C=C(\C)Nc1ccc(-c2ccc(C(CC)(CC)c3ccccc3)cc2)cc1. The zero-order valence-corrected chi connectivity index (χ0v) is 18.2. The van der Waals surface area contributed by atoms with Crippen molar-refractivity contribution in [2.24, 2.45) is 0 Å². The third-order valence-electron chi connectivity index (χ3n) is 6.04. The van der Waals surface area contributed by atoms with Crippen molar-refractivity contribution < 1.29 is 0 Å². The summed E-state index contributed by atoms with van der Waals surface area (Å²) in [5.41, 5.74) is 7.72. The molecule has 3 aromatic rings. The largest absolute Gasteiger partial charge is 0.359 e. The molecule has 0 unspecified atom stereocenters. The molecule has 3 aromatic carbocycles. The molecule has 0 bridgehead atoms. The van der Waals surface area contributed by atoms with Gasteiger partial charge >= 0.3 is 0 Å². The lowest BCUT2D eigenvalue weighted by atomic mass is 9.70. The minimum Gasteiger partial charge on any atom is -0.359 e. The highest BCUT2D eigenvalue weighted by atomic mass is 14.9. The Hall–Kier alpha value is -2.80. The van der Waals surface area contributed by atoms with E-state index < -0.39 is 0 Å². The van der Waals surface area contributed by atoms with Crippen LogP contribution in [0.3, 0.4) is 0 Å². The minimum atomic E-state index is 0.0801. The van der Waals surface area contributed by atoms with E-state index in [4.69, 9.17) is 0 Å². The lowest BCUT2D eigenvalue weighted by molar-refractivity contribution is 0.478. The Morgan fingerprint density at radius 3 is 1.76 bits per heavy atom. The van der Waals surface area contributed by atoms with Crippen molar-refractivity contribution in [3.8, 4) is 11.1 Å². The Morgan fingerprint density at radius 1 is 0.724 bits per heavy atom. The summed E-state index contributed by atoms with van der Waals surface area (Å²) in [6.07, 6.45) is 5.44.